The summed E-state index contributed by atoms with van der Waals surface area (Å²) in [6.45, 7) is 1.15. The minimum atomic E-state index is -5.08. The maximum absolute atomic E-state index is 12.6. The van der Waals surface area contributed by atoms with Crippen LogP contribution in [0.3, 0.4) is 0 Å². The van der Waals surface area contributed by atoms with Crippen molar-refractivity contribution in [1.82, 2.24) is 19.3 Å². The number of nitrogens with two attached hydrogens (primary N) is 1. The van der Waals surface area contributed by atoms with Crippen LogP contribution in [0.5, 0.6) is 0 Å². The van der Waals surface area contributed by atoms with E-state index in [-0.39, 0.29) is 18.7 Å². The molecule has 8 nitrogen and oxygen atoms in total. The Bertz CT molecular complexity index is 934. The maximum atomic E-state index is 12.6. The van der Waals surface area contributed by atoms with Crippen molar-refractivity contribution in [3.05, 3.63) is 50.9 Å². The van der Waals surface area contributed by atoms with Gasteiger partial charge in [0.2, 0.25) is 0 Å². The quantitative estimate of drug-likeness (QED) is 0.519. The number of aryl methyl sites for hydroxylation is 1. The molecule has 14 heteroatoms. The molecule has 2 aromatic rings. The van der Waals surface area contributed by atoms with Gasteiger partial charge in [0.1, 0.15) is 10.9 Å². The lowest BCUT2D eigenvalue weighted by molar-refractivity contribution is -0.192. The molecule has 154 valence electrons. The summed E-state index contributed by atoms with van der Waals surface area (Å²) in [6.07, 6.45) is -4.23. The van der Waals surface area contributed by atoms with E-state index in [1.54, 1.807) is 6.07 Å². The van der Waals surface area contributed by atoms with Gasteiger partial charge in [0.25, 0.3) is 6.08 Å². The van der Waals surface area contributed by atoms with E-state index in [1.807, 2.05) is 6.92 Å². The molecule has 0 aliphatic heterocycles. The van der Waals surface area contributed by atoms with Crippen LogP contribution in [0.4, 0.5) is 22.0 Å². The Hall–Kier alpha value is -2.61. The second-order valence-corrected chi connectivity index (χ2v) is 5.86. The number of hydrogen-bond donors (Lipinski definition) is 2. The number of aliphatic carboxylic acids is 1. The van der Waals surface area contributed by atoms with E-state index in [4.69, 9.17) is 15.6 Å². The van der Waals surface area contributed by atoms with Crippen molar-refractivity contribution < 1.29 is 31.9 Å². The van der Waals surface area contributed by atoms with Gasteiger partial charge in [0, 0.05) is 12.1 Å². The van der Waals surface area contributed by atoms with Crippen LogP contribution < -0.4 is 11.4 Å². The molecule has 28 heavy (non-hydrogen) atoms. The first kappa shape index (κ1) is 23.4. The van der Waals surface area contributed by atoms with Crippen molar-refractivity contribution in [2.45, 2.75) is 19.6 Å². The molecule has 0 amide bonds. The van der Waals surface area contributed by atoms with Crippen molar-refractivity contribution in [1.29, 1.82) is 0 Å². The van der Waals surface area contributed by atoms with Crippen LogP contribution in [0, 0.1) is 6.92 Å². The number of pyridine rings is 1. The molecule has 0 fully saturated rings. The van der Waals surface area contributed by atoms with Gasteiger partial charge < -0.3 is 10.8 Å². The minimum Gasteiger partial charge on any atom is -0.475 e. The van der Waals surface area contributed by atoms with Crippen LogP contribution in [0.2, 0.25) is 0 Å². The number of carboxylic acids is 1. The zero-order valence-electron chi connectivity index (χ0n) is 14.0. The van der Waals surface area contributed by atoms with E-state index >= 15 is 0 Å². The topological polar surface area (TPSA) is 116 Å². The molecule has 0 saturated carbocycles. The number of carbonyl (C=O) groups is 1. The average Bonchev–Trinajstić information content (AvgIpc) is 2.95. The van der Waals surface area contributed by atoms with Crippen LogP contribution in [0.25, 0.3) is 5.69 Å². The Balaban J connectivity index is 0.000000480. The Labute approximate surface area is 162 Å². The Morgan fingerprint density at radius 3 is 2.36 bits per heavy atom. The zero-order chi connectivity index (χ0) is 21.6. The first-order valence-electron chi connectivity index (χ1n) is 7.18. The molecule has 0 saturated heterocycles. The molecule has 0 spiro atoms. The normalized spacial score (nSPS) is 10.9. The maximum Gasteiger partial charge on any atom is 0.490 e. The standard InChI is InChI=1S/C12H12BrF2N5O.C2HF3O2/c1-7-2-9(4-17-10(7)13)19-6-18-20(12(19)21)5-8(3-16)11(14)15;3-2(4,5)1(6)7/h2,4,6H,3,5,16H2,1H3;(H,6,7). The Morgan fingerprint density at radius 2 is 1.93 bits per heavy atom. The fraction of sp³-hybridized carbons (Fsp3) is 0.286. The third-order valence-electron chi connectivity index (χ3n) is 3.11. The molecule has 0 aromatic carbocycles. The predicted octanol–water partition coefficient (Wildman–Crippen LogP) is 2.24. The minimum absolute atomic E-state index is 0.326. The number of nitrogens with zero attached hydrogens (tertiary/aromatic N) is 4. The number of carboxylic acid groups (broad SMARTS) is 1. The third kappa shape index (κ3) is 6.23. The van der Waals surface area contributed by atoms with Gasteiger partial charge in [0.05, 0.1) is 18.4 Å². The van der Waals surface area contributed by atoms with Gasteiger partial charge in [-0.1, -0.05) is 0 Å². The fourth-order valence-electron chi connectivity index (χ4n) is 1.68. The number of rotatable bonds is 4. The van der Waals surface area contributed by atoms with Gasteiger partial charge in [-0.2, -0.15) is 27.1 Å². The highest BCUT2D eigenvalue weighted by molar-refractivity contribution is 9.10. The molecule has 0 aliphatic carbocycles. The van der Waals surface area contributed by atoms with E-state index in [1.165, 1.54) is 17.1 Å². The number of halogens is 6. The summed E-state index contributed by atoms with van der Waals surface area (Å²) in [5.74, 6) is -2.76. The van der Waals surface area contributed by atoms with E-state index in [0.29, 0.717) is 10.3 Å². The molecule has 2 heterocycles. The molecule has 0 atom stereocenters. The molecule has 0 bridgehead atoms. The molecular weight excluding hydrogens is 461 g/mol. The molecule has 3 N–H and O–H groups in total. The van der Waals surface area contributed by atoms with E-state index in [9.17, 15) is 26.7 Å². The highest BCUT2D eigenvalue weighted by Gasteiger charge is 2.38. The molecule has 2 rings (SSSR count). The first-order valence-corrected chi connectivity index (χ1v) is 7.98. The Kier molecular flexibility index (Phi) is 7.99. The van der Waals surface area contributed by atoms with Crippen LogP contribution in [0.15, 0.2) is 39.6 Å². The predicted molar refractivity (Wildman–Crippen MR) is 90.0 cm³/mol. The van der Waals surface area contributed by atoms with Crippen LogP contribution in [-0.2, 0) is 11.3 Å². The number of aromatic nitrogens is 4. The van der Waals surface area contributed by atoms with E-state index in [2.05, 4.69) is 26.0 Å². The average molecular weight is 474 g/mol. The van der Waals surface area contributed by atoms with Crippen molar-refractivity contribution in [2.24, 2.45) is 5.73 Å². The fourth-order valence-corrected chi connectivity index (χ4v) is 1.90. The molecule has 0 unspecified atom stereocenters. The summed E-state index contributed by atoms with van der Waals surface area (Å²) in [4.78, 5) is 25.1. The summed E-state index contributed by atoms with van der Waals surface area (Å²) in [6, 6.07) is 1.74. The summed E-state index contributed by atoms with van der Waals surface area (Å²) in [7, 11) is 0. The van der Waals surface area contributed by atoms with Crippen molar-refractivity contribution in [3.8, 4) is 5.69 Å². The molecule has 2 aromatic heterocycles. The second kappa shape index (κ2) is 9.54. The number of hydrogen-bond acceptors (Lipinski definition) is 5. The van der Waals surface area contributed by atoms with Crippen LogP contribution in [-0.4, -0.2) is 43.1 Å². The van der Waals surface area contributed by atoms with Gasteiger partial charge in [-0.15, -0.1) is 0 Å². The van der Waals surface area contributed by atoms with Crippen LogP contribution >= 0.6 is 15.9 Å². The van der Waals surface area contributed by atoms with Crippen molar-refractivity contribution in [3.63, 3.8) is 0 Å². The summed E-state index contributed by atoms with van der Waals surface area (Å²) in [5.41, 5.74) is 5.70. The van der Waals surface area contributed by atoms with E-state index < -0.39 is 23.9 Å². The first-order chi connectivity index (χ1) is 12.9. The van der Waals surface area contributed by atoms with Gasteiger partial charge in [-0.3, -0.25) is 0 Å². The largest absolute Gasteiger partial charge is 0.490 e. The summed E-state index contributed by atoms with van der Waals surface area (Å²) < 4.78 is 59.7. The van der Waals surface area contributed by atoms with E-state index in [0.717, 1.165) is 10.2 Å². The van der Waals surface area contributed by atoms with Gasteiger partial charge in [-0.25, -0.2) is 23.8 Å². The number of alkyl halides is 3. The summed E-state index contributed by atoms with van der Waals surface area (Å²) >= 11 is 3.26. The van der Waals surface area contributed by atoms with Crippen molar-refractivity contribution >= 4 is 21.9 Å². The monoisotopic (exact) mass is 473 g/mol. The highest BCUT2D eigenvalue weighted by atomic mass is 79.9. The summed E-state index contributed by atoms with van der Waals surface area (Å²) in [5, 5.41) is 10.9. The van der Waals surface area contributed by atoms with Gasteiger partial charge >= 0.3 is 17.8 Å². The smallest absolute Gasteiger partial charge is 0.475 e. The SMILES string of the molecule is Cc1cc(-n2cnn(CC(CN)=C(F)F)c2=O)cnc1Br.O=C(O)C(F)(F)F. The Morgan fingerprint density at radius 1 is 1.36 bits per heavy atom. The lowest BCUT2D eigenvalue weighted by Gasteiger charge is -2.04. The van der Waals surface area contributed by atoms with Gasteiger partial charge in [-0.05, 0) is 34.5 Å². The highest BCUT2D eigenvalue weighted by Crippen LogP contribution is 2.15. The third-order valence-corrected chi connectivity index (χ3v) is 3.94. The molecule has 0 aliphatic rings. The van der Waals surface area contributed by atoms with Gasteiger partial charge in [0.15, 0.2) is 0 Å². The lowest BCUT2D eigenvalue weighted by atomic mass is 10.3. The zero-order valence-corrected chi connectivity index (χ0v) is 15.6. The second-order valence-electron chi connectivity index (χ2n) is 5.11. The van der Waals surface area contributed by atoms with Crippen LogP contribution in [0.1, 0.15) is 5.56 Å². The van der Waals surface area contributed by atoms with Crippen molar-refractivity contribution in [2.75, 3.05) is 6.54 Å². The molecular formula is C14H13BrF5N5O3. The lowest BCUT2D eigenvalue weighted by Crippen LogP contribution is -2.26. The molecule has 0 radical (unpaired) electrons.